The lowest BCUT2D eigenvalue weighted by Gasteiger charge is -2.35. The van der Waals surface area contributed by atoms with E-state index in [4.69, 9.17) is 4.74 Å². The Balaban J connectivity index is 1.34. The minimum absolute atomic E-state index is 0.359. The average Bonchev–Trinajstić information content (AvgIpc) is 2.92. The number of aromatic nitrogens is 1. The number of ether oxygens (including phenoxy) is 1. The third kappa shape index (κ3) is 3.53. The van der Waals surface area contributed by atoms with Crippen molar-refractivity contribution < 1.29 is 4.74 Å². The van der Waals surface area contributed by atoms with E-state index in [9.17, 15) is 0 Å². The predicted octanol–water partition coefficient (Wildman–Crippen LogP) is 1.08. The van der Waals surface area contributed by atoms with Crippen molar-refractivity contribution in [3.05, 3.63) is 30.1 Å². The van der Waals surface area contributed by atoms with Gasteiger partial charge in [-0.1, -0.05) is 6.07 Å². The van der Waals surface area contributed by atoms with E-state index in [0.717, 1.165) is 38.4 Å². The first-order valence-corrected chi connectivity index (χ1v) is 7.38. The summed E-state index contributed by atoms with van der Waals surface area (Å²) in [5.74, 6) is 0. The van der Waals surface area contributed by atoms with Crippen LogP contribution in [0.5, 0.6) is 0 Å². The number of hydrogen-bond donors (Lipinski definition) is 1. The van der Waals surface area contributed by atoms with Crippen LogP contribution in [0.4, 0.5) is 0 Å². The van der Waals surface area contributed by atoms with Crippen LogP contribution in [-0.4, -0.2) is 54.8 Å². The fraction of sp³-hybridized carbons (Fsp3) is 0.667. The smallest absolute Gasteiger partial charge is 0.0826 e. The molecule has 4 heteroatoms. The number of fused-ring (bicyclic) bond motifs is 1. The fourth-order valence-electron chi connectivity index (χ4n) is 3.03. The van der Waals surface area contributed by atoms with Crippen LogP contribution in [0.3, 0.4) is 0 Å². The second-order valence-corrected chi connectivity index (χ2v) is 5.52. The molecule has 4 nitrogen and oxygen atoms in total. The van der Waals surface area contributed by atoms with Gasteiger partial charge in [-0.3, -0.25) is 9.88 Å². The van der Waals surface area contributed by atoms with Crippen LogP contribution in [0, 0.1) is 0 Å². The van der Waals surface area contributed by atoms with Crippen molar-refractivity contribution in [2.24, 2.45) is 0 Å². The highest BCUT2D eigenvalue weighted by atomic mass is 16.5. The number of pyridine rings is 1. The van der Waals surface area contributed by atoms with Crippen molar-refractivity contribution in [2.45, 2.75) is 31.4 Å². The highest BCUT2D eigenvalue weighted by Crippen LogP contribution is 2.22. The maximum absolute atomic E-state index is 5.92. The van der Waals surface area contributed by atoms with Gasteiger partial charge in [-0.25, -0.2) is 0 Å². The van der Waals surface area contributed by atoms with Crippen LogP contribution in [0.25, 0.3) is 0 Å². The topological polar surface area (TPSA) is 37.4 Å². The summed E-state index contributed by atoms with van der Waals surface area (Å²) in [5, 5.41) is 3.49. The Kier molecular flexibility index (Phi) is 4.43. The van der Waals surface area contributed by atoms with Crippen LogP contribution >= 0.6 is 0 Å². The van der Waals surface area contributed by atoms with E-state index in [0.29, 0.717) is 12.1 Å². The SMILES string of the molecule is c1ccc(CCNCC2CN3CCCC3CO2)nc1. The Hall–Kier alpha value is -0.970. The first-order valence-electron chi connectivity index (χ1n) is 7.38. The van der Waals surface area contributed by atoms with E-state index in [1.807, 2.05) is 18.3 Å². The molecule has 0 bridgehead atoms. The fourth-order valence-corrected chi connectivity index (χ4v) is 3.03. The summed E-state index contributed by atoms with van der Waals surface area (Å²) >= 11 is 0. The van der Waals surface area contributed by atoms with Crippen molar-refractivity contribution in [3.63, 3.8) is 0 Å². The molecule has 0 aromatic carbocycles. The highest BCUT2D eigenvalue weighted by Gasteiger charge is 2.31. The molecule has 104 valence electrons. The molecule has 2 aliphatic rings. The normalized spacial score (nSPS) is 27.4. The molecule has 19 heavy (non-hydrogen) atoms. The van der Waals surface area contributed by atoms with Gasteiger partial charge in [0.15, 0.2) is 0 Å². The minimum Gasteiger partial charge on any atom is -0.374 e. The van der Waals surface area contributed by atoms with Gasteiger partial charge in [0.25, 0.3) is 0 Å². The molecule has 2 unspecified atom stereocenters. The minimum atomic E-state index is 0.359. The van der Waals surface area contributed by atoms with Gasteiger partial charge in [0.2, 0.25) is 0 Å². The van der Waals surface area contributed by atoms with E-state index in [1.165, 1.54) is 19.4 Å². The number of rotatable bonds is 5. The Morgan fingerprint density at radius 1 is 1.42 bits per heavy atom. The van der Waals surface area contributed by atoms with Crippen molar-refractivity contribution in [1.29, 1.82) is 0 Å². The average molecular weight is 261 g/mol. The van der Waals surface area contributed by atoms with Crippen molar-refractivity contribution >= 4 is 0 Å². The molecule has 3 heterocycles. The highest BCUT2D eigenvalue weighted by molar-refractivity contribution is 5.03. The molecule has 1 aromatic heterocycles. The standard InChI is InChI=1S/C15H23N3O/c1-2-7-17-13(4-1)6-8-16-10-15-11-18-9-3-5-14(18)12-19-15/h1-2,4,7,14-16H,3,5-6,8-12H2. The van der Waals surface area contributed by atoms with Crippen LogP contribution in [-0.2, 0) is 11.2 Å². The Bertz CT molecular complexity index is 384. The van der Waals surface area contributed by atoms with Gasteiger partial charge in [0.1, 0.15) is 0 Å². The van der Waals surface area contributed by atoms with E-state index >= 15 is 0 Å². The molecule has 0 saturated carbocycles. The summed E-state index contributed by atoms with van der Waals surface area (Å²) < 4.78 is 5.92. The Morgan fingerprint density at radius 3 is 3.32 bits per heavy atom. The quantitative estimate of drug-likeness (QED) is 0.805. The molecule has 2 saturated heterocycles. The molecule has 0 amide bonds. The molecule has 1 aromatic rings. The van der Waals surface area contributed by atoms with Gasteiger partial charge in [-0.15, -0.1) is 0 Å². The zero-order valence-electron chi connectivity index (χ0n) is 11.4. The van der Waals surface area contributed by atoms with E-state index < -0.39 is 0 Å². The summed E-state index contributed by atoms with van der Waals surface area (Å²) in [7, 11) is 0. The van der Waals surface area contributed by atoms with Crippen LogP contribution in [0.15, 0.2) is 24.4 Å². The summed E-state index contributed by atoms with van der Waals surface area (Å²) in [6.45, 7) is 5.21. The third-order valence-electron chi connectivity index (χ3n) is 4.12. The molecule has 2 fully saturated rings. The van der Waals surface area contributed by atoms with Gasteiger partial charge in [0.05, 0.1) is 12.7 Å². The lowest BCUT2D eigenvalue weighted by atomic mass is 10.2. The maximum Gasteiger partial charge on any atom is 0.0826 e. The Labute approximate surface area is 115 Å². The third-order valence-corrected chi connectivity index (χ3v) is 4.12. The zero-order valence-corrected chi connectivity index (χ0v) is 11.4. The lowest BCUT2D eigenvalue weighted by Crippen LogP contribution is -2.49. The van der Waals surface area contributed by atoms with Gasteiger partial charge in [-0.2, -0.15) is 0 Å². The summed E-state index contributed by atoms with van der Waals surface area (Å²) in [4.78, 5) is 6.92. The monoisotopic (exact) mass is 261 g/mol. The molecule has 2 aliphatic heterocycles. The Morgan fingerprint density at radius 2 is 2.42 bits per heavy atom. The van der Waals surface area contributed by atoms with Crippen molar-refractivity contribution in [3.8, 4) is 0 Å². The van der Waals surface area contributed by atoms with E-state index in [1.54, 1.807) is 0 Å². The van der Waals surface area contributed by atoms with Gasteiger partial charge in [-0.05, 0) is 31.5 Å². The van der Waals surface area contributed by atoms with Gasteiger partial charge in [0, 0.05) is 44.0 Å². The van der Waals surface area contributed by atoms with E-state index in [-0.39, 0.29) is 0 Å². The first-order chi connectivity index (χ1) is 9.42. The molecule has 0 spiro atoms. The van der Waals surface area contributed by atoms with Crippen LogP contribution in [0.2, 0.25) is 0 Å². The number of hydrogen-bond acceptors (Lipinski definition) is 4. The van der Waals surface area contributed by atoms with Crippen molar-refractivity contribution in [1.82, 2.24) is 15.2 Å². The van der Waals surface area contributed by atoms with Crippen LogP contribution in [0.1, 0.15) is 18.5 Å². The molecule has 0 radical (unpaired) electrons. The second kappa shape index (κ2) is 6.46. The maximum atomic E-state index is 5.92. The predicted molar refractivity (Wildman–Crippen MR) is 75.1 cm³/mol. The summed E-state index contributed by atoms with van der Waals surface area (Å²) in [6.07, 6.45) is 5.86. The zero-order chi connectivity index (χ0) is 12.9. The lowest BCUT2D eigenvalue weighted by molar-refractivity contribution is -0.0468. The molecule has 2 atom stereocenters. The second-order valence-electron chi connectivity index (χ2n) is 5.52. The number of morpholine rings is 1. The van der Waals surface area contributed by atoms with Crippen molar-refractivity contribution in [2.75, 3.05) is 32.8 Å². The molecular formula is C15H23N3O. The first kappa shape index (κ1) is 13.0. The van der Waals surface area contributed by atoms with Crippen LogP contribution < -0.4 is 5.32 Å². The largest absolute Gasteiger partial charge is 0.374 e. The molecule has 3 rings (SSSR count). The van der Waals surface area contributed by atoms with Gasteiger partial charge < -0.3 is 10.1 Å². The van der Waals surface area contributed by atoms with E-state index in [2.05, 4.69) is 21.3 Å². The molecule has 0 aliphatic carbocycles. The number of nitrogens with zero attached hydrogens (tertiary/aromatic N) is 2. The summed E-state index contributed by atoms with van der Waals surface area (Å²) in [5.41, 5.74) is 1.15. The van der Waals surface area contributed by atoms with Gasteiger partial charge >= 0.3 is 0 Å². The molecule has 1 N–H and O–H groups in total. The number of nitrogens with one attached hydrogen (secondary N) is 1. The summed E-state index contributed by atoms with van der Waals surface area (Å²) in [6, 6.07) is 6.78. The molecular weight excluding hydrogens is 238 g/mol.